The monoisotopic (exact) mass is 386 g/mol. The lowest BCUT2D eigenvalue weighted by atomic mass is 10.1. The molecule has 28 heavy (non-hydrogen) atoms. The molecule has 2 N–H and O–H groups in total. The molecule has 0 aliphatic heterocycles. The van der Waals surface area contributed by atoms with Crippen LogP contribution in [0.1, 0.15) is 24.5 Å². The van der Waals surface area contributed by atoms with Crippen LogP contribution in [-0.4, -0.2) is 43.4 Å². The van der Waals surface area contributed by atoms with Crippen LogP contribution >= 0.6 is 0 Å². The fourth-order valence-electron chi connectivity index (χ4n) is 2.95. The minimum absolute atomic E-state index is 0.0125. The van der Waals surface area contributed by atoms with Gasteiger partial charge in [-0.25, -0.2) is 4.39 Å². The van der Waals surface area contributed by atoms with Gasteiger partial charge in [-0.2, -0.15) is 0 Å². The quantitative estimate of drug-likeness (QED) is 0.693. The number of anilines is 1. The Balaban J connectivity index is 1.88. The van der Waals surface area contributed by atoms with Crippen LogP contribution in [0.15, 0.2) is 48.5 Å². The predicted octanol–water partition coefficient (Wildman–Crippen LogP) is 2.03. The first-order valence-electron chi connectivity index (χ1n) is 9.57. The van der Waals surface area contributed by atoms with E-state index in [0.29, 0.717) is 18.8 Å². The number of hydrogen-bond acceptors (Lipinski definition) is 2. The van der Waals surface area contributed by atoms with Crippen LogP contribution in [0.4, 0.5) is 10.1 Å². The van der Waals surface area contributed by atoms with Gasteiger partial charge in [0, 0.05) is 18.8 Å². The molecular weight excluding hydrogens is 357 g/mol. The first-order valence-corrected chi connectivity index (χ1v) is 9.57. The number of nitrogens with zero attached hydrogens (tertiary/aromatic N) is 1. The highest BCUT2D eigenvalue weighted by Crippen LogP contribution is 2.09. The molecule has 0 heterocycles. The average molecular weight is 386 g/mol. The second-order valence-corrected chi connectivity index (χ2v) is 7.17. The zero-order valence-corrected chi connectivity index (χ0v) is 16.8. The number of rotatable bonds is 9. The van der Waals surface area contributed by atoms with Gasteiger partial charge < -0.3 is 15.1 Å². The van der Waals surface area contributed by atoms with Crippen molar-refractivity contribution in [2.24, 2.45) is 0 Å². The Bertz CT molecular complexity index is 793. The molecule has 0 saturated heterocycles. The molecule has 2 aromatic rings. The molecule has 0 bridgehead atoms. The van der Waals surface area contributed by atoms with E-state index >= 15 is 0 Å². The first-order chi connectivity index (χ1) is 13.4. The number of aryl methyl sites for hydroxylation is 1. The van der Waals surface area contributed by atoms with Crippen LogP contribution in [0.5, 0.6) is 0 Å². The van der Waals surface area contributed by atoms with E-state index in [-0.39, 0.29) is 24.9 Å². The molecule has 0 radical (unpaired) electrons. The van der Waals surface area contributed by atoms with Crippen LogP contribution in [0.3, 0.4) is 0 Å². The summed E-state index contributed by atoms with van der Waals surface area (Å²) in [5, 5.41) is 2.66. The second kappa shape index (κ2) is 10.6. The number of amides is 2. The average Bonchev–Trinajstić information content (AvgIpc) is 2.62. The highest BCUT2D eigenvalue weighted by atomic mass is 19.1. The molecule has 0 aliphatic carbocycles. The lowest BCUT2D eigenvalue weighted by molar-refractivity contribution is -0.862. The number of carbonyl (C=O) groups is 2. The summed E-state index contributed by atoms with van der Waals surface area (Å²) in [6.07, 6.45) is 0.872. The topological polar surface area (TPSA) is 53.9 Å². The number of quaternary nitrogens is 1. The van der Waals surface area contributed by atoms with Gasteiger partial charge in [-0.15, -0.1) is 0 Å². The molecule has 2 amide bonds. The molecular formula is C22H29FN3O2+. The van der Waals surface area contributed by atoms with Gasteiger partial charge in [0.2, 0.25) is 0 Å². The van der Waals surface area contributed by atoms with E-state index in [2.05, 4.69) is 5.32 Å². The Hall–Kier alpha value is -2.73. The Morgan fingerprint density at radius 3 is 2.46 bits per heavy atom. The zero-order chi connectivity index (χ0) is 20.5. The summed E-state index contributed by atoms with van der Waals surface area (Å²) in [5.74, 6) is -0.644. The third kappa shape index (κ3) is 7.12. The van der Waals surface area contributed by atoms with E-state index in [1.807, 2.05) is 43.0 Å². The minimum Gasteiger partial charge on any atom is -0.333 e. The molecule has 0 aliphatic rings. The molecule has 150 valence electrons. The number of halogens is 1. The van der Waals surface area contributed by atoms with Gasteiger partial charge in [-0.1, -0.05) is 42.8 Å². The van der Waals surface area contributed by atoms with Crippen molar-refractivity contribution in [2.75, 3.05) is 32.0 Å². The van der Waals surface area contributed by atoms with Crippen molar-refractivity contribution < 1.29 is 18.9 Å². The lowest BCUT2D eigenvalue weighted by Crippen LogP contribution is -3.11. The van der Waals surface area contributed by atoms with E-state index < -0.39 is 5.82 Å². The van der Waals surface area contributed by atoms with E-state index in [9.17, 15) is 14.0 Å². The molecule has 6 heteroatoms. The van der Waals surface area contributed by atoms with Crippen molar-refractivity contribution >= 4 is 17.5 Å². The third-order valence-electron chi connectivity index (χ3n) is 4.36. The summed E-state index contributed by atoms with van der Waals surface area (Å²) in [4.78, 5) is 27.5. The SMILES string of the molecule is CCCN(Cc1ccc(C)cc1)C(=O)C[NH+](C)CC(=O)Nc1cccc(F)c1. The molecule has 0 fully saturated rings. The van der Waals surface area contributed by atoms with Gasteiger partial charge in [0.1, 0.15) is 5.82 Å². The first kappa shape index (κ1) is 21.6. The molecule has 2 rings (SSSR count). The van der Waals surface area contributed by atoms with E-state index in [1.165, 1.54) is 17.7 Å². The number of hydrogen-bond donors (Lipinski definition) is 2. The van der Waals surface area contributed by atoms with Crippen LogP contribution in [0.2, 0.25) is 0 Å². The van der Waals surface area contributed by atoms with Crippen molar-refractivity contribution in [3.63, 3.8) is 0 Å². The summed E-state index contributed by atoms with van der Waals surface area (Å²) in [5.41, 5.74) is 2.69. The van der Waals surface area contributed by atoms with Gasteiger partial charge in [-0.05, 0) is 37.1 Å². The maximum absolute atomic E-state index is 13.2. The molecule has 0 spiro atoms. The Kier molecular flexibility index (Phi) is 8.14. The van der Waals surface area contributed by atoms with Crippen molar-refractivity contribution in [3.8, 4) is 0 Å². The summed E-state index contributed by atoms with van der Waals surface area (Å²) < 4.78 is 13.2. The second-order valence-electron chi connectivity index (χ2n) is 7.17. The highest BCUT2D eigenvalue weighted by molar-refractivity contribution is 5.91. The lowest BCUT2D eigenvalue weighted by Gasteiger charge is -2.24. The van der Waals surface area contributed by atoms with Crippen LogP contribution in [0, 0.1) is 12.7 Å². The number of carbonyl (C=O) groups excluding carboxylic acids is 2. The Morgan fingerprint density at radius 1 is 1.11 bits per heavy atom. The highest BCUT2D eigenvalue weighted by Gasteiger charge is 2.19. The van der Waals surface area contributed by atoms with Crippen molar-refractivity contribution in [1.82, 2.24) is 4.90 Å². The number of nitrogens with one attached hydrogen (secondary N) is 2. The van der Waals surface area contributed by atoms with E-state index in [1.54, 1.807) is 19.2 Å². The predicted molar refractivity (Wildman–Crippen MR) is 109 cm³/mol. The fraction of sp³-hybridized carbons (Fsp3) is 0.364. The van der Waals surface area contributed by atoms with Crippen LogP contribution < -0.4 is 10.2 Å². The maximum atomic E-state index is 13.2. The van der Waals surface area contributed by atoms with Crippen molar-refractivity contribution in [1.29, 1.82) is 0 Å². The molecule has 0 saturated carbocycles. The van der Waals surface area contributed by atoms with Crippen LogP contribution in [-0.2, 0) is 16.1 Å². The smallest absolute Gasteiger partial charge is 0.279 e. The van der Waals surface area contributed by atoms with Gasteiger partial charge >= 0.3 is 0 Å². The largest absolute Gasteiger partial charge is 0.333 e. The molecule has 1 unspecified atom stereocenters. The van der Waals surface area contributed by atoms with Crippen molar-refractivity contribution in [2.45, 2.75) is 26.8 Å². The third-order valence-corrected chi connectivity index (χ3v) is 4.36. The van der Waals surface area contributed by atoms with Gasteiger partial charge in [-0.3, -0.25) is 9.59 Å². The summed E-state index contributed by atoms with van der Waals surface area (Å²) >= 11 is 0. The molecule has 5 nitrogen and oxygen atoms in total. The maximum Gasteiger partial charge on any atom is 0.279 e. The number of likely N-dealkylation sites (N-methyl/N-ethyl adjacent to an activating group) is 1. The Labute approximate surface area is 166 Å². The molecule has 0 aromatic heterocycles. The fourth-order valence-corrected chi connectivity index (χ4v) is 2.95. The van der Waals surface area contributed by atoms with E-state index in [4.69, 9.17) is 0 Å². The summed E-state index contributed by atoms with van der Waals surface area (Å²) in [6, 6.07) is 13.9. The minimum atomic E-state index is -0.403. The Morgan fingerprint density at radius 2 is 1.82 bits per heavy atom. The van der Waals surface area contributed by atoms with Gasteiger partial charge in [0.05, 0.1) is 7.05 Å². The molecule has 2 aromatic carbocycles. The van der Waals surface area contributed by atoms with Gasteiger partial charge in [0.25, 0.3) is 11.8 Å². The molecule has 1 atom stereocenters. The van der Waals surface area contributed by atoms with Gasteiger partial charge in [0.15, 0.2) is 13.1 Å². The standard InChI is InChI=1S/C22H28FN3O2/c1-4-12-26(14-18-10-8-17(2)9-11-18)22(28)16-25(3)15-21(27)24-20-7-5-6-19(23)13-20/h5-11,13H,4,12,14-16H2,1-3H3,(H,24,27)/p+1. The number of benzene rings is 2. The summed E-state index contributed by atoms with van der Waals surface area (Å²) in [6.45, 7) is 5.67. The summed E-state index contributed by atoms with van der Waals surface area (Å²) in [7, 11) is 1.80. The van der Waals surface area contributed by atoms with E-state index in [0.717, 1.165) is 16.9 Å². The van der Waals surface area contributed by atoms with Crippen LogP contribution in [0.25, 0.3) is 0 Å². The zero-order valence-electron chi connectivity index (χ0n) is 16.8. The van der Waals surface area contributed by atoms with Crippen molar-refractivity contribution in [3.05, 3.63) is 65.5 Å². The normalized spacial score (nSPS) is 11.7.